The molecule has 0 aromatic carbocycles. The summed E-state index contributed by atoms with van der Waals surface area (Å²) in [5, 5.41) is 7.18. The number of hydrogen-bond acceptors (Lipinski definition) is 4. The number of nitrogens with one attached hydrogen (secondary N) is 1. The second kappa shape index (κ2) is 6.39. The van der Waals surface area contributed by atoms with Crippen LogP contribution in [0, 0.1) is 12.8 Å². The van der Waals surface area contributed by atoms with Gasteiger partial charge in [-0.2, -0.15) is 5.10 Å². The molecule has 6 nitrogen and oxygen atoms in total. The molecule has 1 amide bonds. The number of rotatable bonds is 5. The normalized spacial score (nSPS) is 10.7. The molecule has 2 rings (SSSR count). The van der Waals surface area contributed by atoms with Crippen LogP contribution in [0.4, 0.5) is 5.69 Å². The molecule has 21 heavy (non-hydrogen) atoms. The highest BCUT2D eigenvalue weighted by Gasteiger charge is 2.18. The highest BCUT2D eigenvalue weighted by Crippen LogP contribution is 2.31. The van der Waals surface area contributed by atoms with Crippen molar-refractivity contribution >= 4 is 11.6 Å². The predicted octanol–water partition coefficient (Wildman–Crippen LogP) is 2.90. The van der Waals surface area contributed by atoms with Crippen LogP contribution in [0.1, 0.15) is 26.0 Å². The van der Waals surface area contributed by atoms with E-state index in [1.165, 1.54) is 0 Å². The smallest absolute Gasteiger partial charge is 0.241 e. The molecule has 0 bridgehead atoms. The van der Waals surface area contributed by atoms with Gasteiger partial charge in [-0.05, 0) is 25.0 Å². The largest absolute Gasteiger partial charge is 0.436 e. The van der Waals surface area contributed by atoms with E-state index in [4.69, 9.17) is 4.74 Å². The molecule has 0 spiro atoms. The first kappa shape index (κ1) is 15.0. The standard InChI is InChI=1S/C15H20N4O2/c1-10(2)8-13(20)17-14-11(3)18-19(4)15(14)21-12-6-5-7-16-9-12/h5-7,9-10H,8H2,1-4H3,(H,17,20). The number of carbonyl (C=O) groups is 1. The number of amides is 1. The third-order valence-electron chi connectivity index (χ3n) is 2.88. The molecule has 2 heterocycles. The molecule has 2 aromatic rings. The van der Waals surface area contributed by atoms with Gasteiger partial charge in [0, 0.05) is 19.7 Å². The van der Waals surface area contributed by atoms with Crippen molar-refractivity contribution in [3.63, 3.8) is 0 Å². The second-order valence-electron chi connectivity index (χ2n) is 5.33. The lowest BCUT2D eigenvalue weighted by molar-refractivity contribution is -0.116. The van der Waals surface area contributed by atoms with Crippen molar-refractivity contribution in [2.24, 2.45) is 13.0 Å². The van der Waals surface area contributed by atoms with Gasteiger partial charge in [-0.15, -0.1) is 0 Å². The molecule has 0 aliphatic heterocycles. The number of anilines is 1. The third-order valence-corrected chi connectivity index (χ3v) is 2.88. The zero-order valence-corrected chi connectivity index (χ0v) is 12.8. The first-order chi connectivity index (χ1) is 9.97. The summed E-state index contributed by atoms with van der Waals surface area (Å²) in [6, 6.07) is 3.59. The van der Waals surface area contributed by atoms with Crippen molar-refractivity contribution in [3.8, 4) is 11.6 Å². The van der Waals surface area contributed by atoms with Gasteiger partial charge in [-0.3, -0.25) is 9.78 Å². The minimum Gasteiger partial charge on any atom is -0.436 e. The van der Waals surface area contributed by atoms with Gasteiger partial charge in [0.2, 0.25) is 11.8 Å². The van der Waals surface area contributed by atoms with Crippen LogP contribution in [0.15, 0.2) is 24.5 Å². The van der Waals surface area contributed by atoms with Crippen LogP contribution < -0.4 is 10.1 Å². The van der Waals surface area contributed by atoms with Crippen LogP contribution in [0.25, 0.3) is 0 Å². The molecular formula is C15H20N4O2. The maximum atomic E-state index is 12.0. The van der Waals surface area contributed by atoms with Gasteiger partial charge in [0.1, 0.15) is 11.4 Å². The lowest BCUT2D eigenvalue weighted by Crippen LogP contribution is -2.14. The Morgan fingerprint density at radius 2 is 2.24 bits per heavy atom. The van der Waals surface area contributed by atoms with E-state index in [0.29, 0.717) is 35.3 Å². The Balaban J connectivity index is 2.23. The minimum atomic E-state index is -0.0443. The van der Waals surface area contributed by atoms with Crippen molar-refractivity contribution in [1.82, 2.24) is 14.8 Å². The Bertz CT molecular complexity index is 620. The van der Waals surface area contributed by atoms with Crippen molar-refractivity contribution < 1.29 is 9.53 Å². The molecule has 0 aliphatic carbocycles. The molecule has 0 radical (unpaired) electrons. The number of pyridine rings is 1. The second-order valence-corrected chi connectivity index (χ2v) is 5.33. The topological polar surface area (TPSA) is 69.0 Å². The van der Waals surface area contributed by atoms with E-state index in [9.17, 15) is 4.79 Å². The zero-order chi connectivity index (χ0) is 15.4. The van der Waals surface area contributed by atoms with Crippen LogP contribution in [0.5, 0.6) is 11.6 Å². The van der Waals surface area contributed by atoms with Crippen LogP contribution >= 0.6 is 0 Å². The molecule has 0 saturated heterocycles. The molecule has 6 heteroatoms. The summed E-state index contributed by atoms with van der Waals surface area (Å²) in [7, 11) is 1.77. The van der Waals surface area contributed by atoms with Crippen molar-refractivity contribution in [2.45, 2.75) is 27.2 Å². The summed E-state index contributed by atoms with van der Waals surface area (Å²) >= 11 is 0. The van der Waals surface area contributed by atoms with E-state index >= 15 is 0 Å². The van der Waals surface area contributed by atoms with Crippen LogP contribution in [0.2, 0.25) is 0 Å². The van der Waals surface area contributed by atoms with Crippen molar-refractivity contribution in [3.05, 3.63) is 30.2 Å². The summed E-state index contributed by atoms with van der Waals surface area (Å²) < 4.78 is 7.39. The Morgan fingerprint density at radius 3 is 2.86 bits per heavy atom. The van der Waals surface area contributed by atoms with Gasteiger partial charge < -0.3 is 10.1 Å². The van der Waals surface area contributed by atoms with Crippen LogP contribution in [-0.2, 0) is 11.8 Å². The number of hydrogen-bond donors (Lipinski definition) is 1. The monoisotopic (exact) mass is 288 g/mol. The number of nitrogens with zero attached hydrogens (tertiary/aromatic N) is 3. The number of ether oxygens (including phenoxy) is 1. The predicted molar refractivity (Wildman–Crippen MR) is 80.3 cm³/mol. The van der Waals surface area contributed by atoms with Gasteiger partial charge >= 0.3 is 0 Å². The summed E-state index contributed by atoms with van der Waals surface area (Å²) in [4.78, 5) is 16.0. The summed E-state index contributed by atoms with van der Waals surface area (Å²) in [5.74, 6) is 1.35. The van der Waals surface area contributed by atoms with E-state index < -0.39 is 0 Å². The van der Waals surface area contributed by atoms with E-state index in [-0.39, 0.29) is 5.91 Å². The van der Waals surface area contributed by atoms with E-state index in [2.05, 4.69) is 15.4 Å². The van der Waals surface area contributed by atoms with Gasteiger partial charge in [-0.25, -0.2) is 4.68 Å². The SMILES string of the molecule is Cc1nn(C)c(Oc2cccnc2)c1NC(=O)CC(C)C. The van der Waals surface area contributed by atoms with Gasteiger partial charge in [-0.1, -0.05) is 13.8 Å². The number of aryl methyl sites for hydroxylation is 2. The Kier molecular flexibility index (Phi) is 4.57. The van der Waals surface area contributed by atoms with Crippen molar-refractivity contribution in [1.29, 1.82) is 0 Å². The van der Waals surface area contributed by atoms with E-state index in [0.717, 1.165) is 0 Å². The number of aromatic nitrogens is 3. The highest BCUT2D eigenvalue weighted by molar-refractivity contribution is 5.92. The first-order valence-corrected chi connectivity index (χ1v) is 6.88. The van der Waals surface area contributed by atoms with Gasteiger partial charge in [0.05, 0.1) is 11.9 Å². The lowest BCUT2D eigenvalue weighted by Gasteiger charge is -2.10. The average Bonchev–Trinajstić information content (AvgIpc) is 2.66. The van der Waals surface area contributed by atoms with Crippen molar-refractivity contribution in [2.75, 3.05) is 5.32 Å². The minimum absolute atomic E-state index is 0.0443. The maximum Gasteiger partial charge on any atom is 0.241 e. The molecule has 0 aliphatic rings. The molecular weight excluding hydrogens is 268 g/mol. The highest BCUT2D eigenvalue weighted by atomic mass is 16.5. The van der Waals surface area contributed by atoms with Crippen LogP contribution in [0.3, 0.4) is 0 Å². The average molecular weight is 288 g/mol. The van der Waals surface area contributed by atoms with E-state index in [1.54, 1.807) is 36.3 Å². The Morgan fingerprint density at radius 1 is 1.48 bits per heavy atom. The Hall–Kier alpha value is -2.37. The summed E-state index contributed by atoms with van der Waals surface area (Å²) in [5.41, 5.74) is 1.32. The zero-order valence-electron chi connectivity index (χ0n) is 12.8. The Labute approximate surface area is 124 Å². The molecule has 0 unspecified atom stereocenters. The third kappa shape index (κ3) is 3.81. The quantitative estimate of drug-likeness (QED) is 0.918. The summed E-state index contributed by atoms with van der Waals surface area (Å²) in [6.45, 7) is 5.84. The molecule has 1 N–H and O–H groups in total. The molecule has 2 aromatic heterocycles. The molecule has 0 atom stereocenters. The first-order valence-electron chi connectivity index (χ1n) is 6.88. The molecule has 0 fully saturated rings. The van der Waals surface area contributed by atoms with Gasteiger partial charge in [0.25, 0.3) is 0 Å². The lowest BCUT2D eigenvalue weighted by atomic mass is 10.1. The van der Waals surface area contributed by atoms with Crippen LogP contribution in [-0.4, -0.2) is 20.7 Å². The fourth-order valence-corrected chi connectivity index (χ4v) is 1.98. The van der Waals surface area contributed by atoms with E-state index in [1.807, 2.05) is 20.8 Å². The summed E-state index contributed by atoms with van der Waals surface area (Å²) in [6.07, 6.45) is 3.75. The number of carbonyl (C=O) groups excluding carboxylic acids is 1. The van der Waals surface area contributed by atoms with Gasteiger partial charge in [0.15, 0.2) is 0 Å². The fraction of sp³-hybridized carbons (Fsp3) is 0.400. The molecule has 112 valence electrons. The molecule has 0 saturated carbocycles. The maximum absolute atomic E-state index is 12.0. The fourth-order valence-electron chi connectivity index (χ4n) is 1.98.